The van der Waals surface area contributed by atoms with Gasteiger partial charge in [0.05, 0.1) is 12.6 Å². The molecule has 5 nitrogen and oxygen atoms in total. The van der Waals surface area contributed by atoms with Crippen LogP contribution in [0.4, 0.5) is 0 Å². The minimum Gasteiger partial charge on any atom is -0.490 e. The molecular weight excluding hydrogens is 472 g/mol. The molecule has 0 aliphatic carbocycles. The lowest BCUT2D eigenvalue weighted by Crippen LogP contribution is -2.27. The number of hydrogen-bond acceptors (Lipinski definition) is 4. The van der Waals surface area contributed by atoms with Crippen LogP contribution in [-0.2, 0) is 17.8 Å². The first-order valence-electron chi connectivity index (χ1n) is 11.7. The molecule has 0 bridgehead atoms. The molecule has 3 aromatic rings. The van der Waals surface area contributed by atoms with Crippen molar-refractivity contribution in [2.45, 2.75) is 32.9 Å². The summed E-state index contributed by atoms with van der Waals surface area (Å²) in [7, 11) is 0. The average Bonchev–Trinajstić information content (AvgIpc) is 2.88. The van der Waals surface area contributed by atoms with E-state index in [0.29, 0.717) is 35.1 Å². The van der Waals surface area contributed by atoms with Crippen molar-refractivity contribution in [3.8, 4) is 17.6 Å². The molecule has 0 aromatic heterocycles. The predicted molar refractivity (Wildman–Crippen MR) is 144 cm³/mol. The van der Waals surface area contributed by atoms with Gasteiger partial charge in [-0.25, -0.2) is 0 Å². The number of nitriles is 1. The minimum absolute atomic E-state index is 0.00508. The van der Waals surface area contributed by atoms with Gasteiger partial charge in [0.2, 0.25) is 0 Å². The van der Waals surface area contributed by atoms with Crippen LogP contribution in [0.3, 0.4) is 0 Å². The molecule has 36 heavy (non-hydrogen) atoms. The second-order valence-electron chi connectivity index (χ2n) is 8.09. The summed E-state index contributed by atoms with van der Waals surface area (Å²) in [6.45, 7) is 8.30. The van der Waals surface area contributed by atoms with Crippen molar-refractivity contribution in [1.82, 2.24) is 5.32 Å². The van der Waals surface area contributed by atoms with Gasteiger partial charge in [0.25, 0.3) is 5.91 Å². The highest BCUT2D eigenvalue weighted by molar-refractivity contribution is 6.31. The van der Waals surface area contributed by atoms with Crippen LogP contribution in [0.1, 0.15) is 42.1 Å². The maximum Gasteiger partial charge on any atom is 0.262 e. The number of amides is 1. The molecule has 3 rings (SSSR count). The first-order chi connectivity index (χ1) is 17.5. The maximum atomic E-state index is 12.9. The van der Waals surface area contributed by atoms with E-state index in [1.807, 2.05) is 80.6 Å². The minimum atomic E-state index is -0.448. The summed E-state index contributed by atoms with van der Waals surface area (Å²) in [5.41, 5.74) is 3.28. The molecule has 1 N–H and O–H groups in total. The summed E-state index contributed by atoms with van der Waals surface area (Å²) in [4.78, 5) is 12.9. The third-order valence-electron chi connectivity index (χ3n) is 5.47. The molecule has 0 aliphatic rings. The number of carbonyl (C=O) groups excluding carboxylic acids is 1. The first kappa shape index (κ1) is 26.6. The Balaban J connectivity index is 1.91. The fourth-order valence-corrected chi connectivity index (χ4v) is 3.87. The predicted octanol–water partition coefficient (Wildman–Crippen LogP) is 6.83. The van der Waals surface area contributed by atoms with Gasteiger partial charge in [-0.1, -0.05) is 66.2 Å². The SMILES string of the molecule is C=CCc1cc(/C=C(/C#N)C(=O)N[C@H](C)c2ccccc2)cc(OCC)c1OCc1ccccc1Cl. The molecular formula is C30H29ClN2O3. The van der Waals surface area contributed by atoms with Gasteiger partial charge in [0.15, 0.2) is 11.5 Å². The van der Waals surface area contributed by atoms with E-state index in [9.17, 15) is 10.1 Å². The van der Waals surface area contributed by atoms with Crippen molar-refractivity contribution in [3.05, 3.63) is 112 Å². The molecule has 1 atom stereocenters. The summed E-state index contributed by atoms with van der Waals surface area (Å²) < 4.78 is 12.0. The summed E-state index contributed by atoms with van der Waals surface area (Å²) in [6.07, 6.45) is 3.83. The van der Waals surface area contributed by atoms with E-state index in [0.717, 1.165) is 16.7 Å². The number of nitrogens with one attached hydrogen (secondary N) is 1. The third kappa shape index (κ3) is 7.00. The molecule has 0 fully saturated rings. The highest BCUT2D eigenvalue weighted by atomic mass is 35.5. The number of rotatable bonds is 11. The summed E-state index contributed by atoms with van der Waals surface area (Å²) in [6, 6.07) is 22.5. The van der Waals surface area contributed by atoms with Crippen LogP contribution in [-0.4, -0.2) is 12.5 Å². The zero-order valence-electron chi connectivity index (χ0n) is 20.5. The molecule has 0 unspecified atom stereocenters. The highest BCUT2D eigenvalue weighted by Gasteiger charge is 2.17. The van der Waals surface area contributed by atoms with Crippen LogP contribution in [0, 0.1) is 11.3 Å². The number of carbonyl (C=O) groups is 1. The fraction of sp³-hybridized carbons (Fsp3) is 0.200. The van der Waals surface area contributed by atoms with Crippen molar-refractivity contribution in [1.29, 1.82) is 5.26 Å². The van der Waals surface area contributed by atoms with Crippen LogP contribution in [0.15, 0.2) is 85.0 Å². The van der Waals surface area contributed by atoms with E-state index in [1.54, 1.807) is 18.2 Å². The topological polar surface area (TPSA) is 71.4 Å². The van der Waals surface area contributed by atoms with Crippen LogP contribution >= 0.6 is 11.6 Å². The smallest absolute Gasteiger partial charge is 0.262 e. The van der Waals surface area contributed by atoms with Gasteiger partial charge < -0.3 is 14.8 Å². The molecule has 0 saturated carbocycles. The van der Waals surface area contributed by atoms with Crippen LogP contribution in [0.2, 0.25) is 5.02 Å². The molecule has 6 heteroatoms. The zero-order chi connectivity index (χ0) is 25.9. The Labute approximate surface area is 217 Å². The van der Waals surface area contributed by atoms with E-state index >= 15 is 0 Å². The molecule has 0 saturated heterocycles. The molecule has 0 aliphatic heterocycles. The van der Waals surface area contributed by atoms with E-state index in [4.69, 9.17) is 21.1 Å². The molecule has 3 aromatic carbocycles. The number of ether oxygens (including phenoxy) is 2. The summed E-state index contributed by atoms with van der Waals surface area (Å²) in [5, 5.41) is 13.2. The number of allylic oxidation sites excluding steroid dienone is 1. The van der Waals surface area contributed by atoms with Gasteiger partial charge in [-0.15, -0.1) is 6.58 Å². The van der Waals surface area contributed by atoms with Gasteiger partial charge in [-0.2, -0.15) is 5.26 Å². The number of halogens is 1. The first-order valence-corrected chi connectivity index (χ1v) is 12.1. The monoisotopic (exact) mass is 500 g/mol. The van der Waals surface area contributed by atoms with Crippen LogP contribution in [0.25, 0.3) is 6.08 Å². The lowest BCUT2D eigenvalue weighted by atomic mass is 10.0. The van der Waals surface area contributed by atoms with E-state index in [1.165, 1.54) is 0 Å². The molecule has 1 amide bonds. The van der Waals surface area contributed by atoms with Gasteiger partial charge in [0.1, 0.15) is 18.2 Å². The number of hydrogen-bond donors (Lipinski definition) is 1. The molecule has 184 valence electrons. The Morgan fingerprint density at radius 3 is 2.50 bits per heavy atom. The summed E-state index contributed by atoms with van der Waals surface area (Å²) in [5.74, 6) is 0.649. The quantitative estimate of drug-likeness (QED) is 0.178. The molecule has 0 spiro atoms. The van der Waals surface area contributed by atoms with Crippen LogP contribution in [0.5, 0.6) is 11.5 Å². The average molecular weight is 501 g/mol. The molecule has 0 heterocycles. The third-order valence-corrected chi connectivity index (χ3v) is 5.84. The standard InChI is InChI=1S/C30H29ClN2O3/c1-4-11-24-16-22(17-26(19-32)30(34)33-21(3)23-12-7-6-8-13-23)18-28(35-5-2)29(24)36-20-25-14-9-10-15-27(25)31/h4,6-10,12-18,21H,1,5,11,20H2,2-3H3,(H,33,34)/b26-17-/t21-/m1/s1. The van der Waals surface area contributed by atoms with Crippen molar-refractivity contribution in [2.75, 3.05) is 6.61 Å². The van der Waals surface area contributed by atoms with Gasteiger partial charge in [-0.3, -0.25) is 4.79 Å². The van der Waals surface area contributed by atoms with Crippen molar-refractivity contribution in [3.63, 3.8) is 0 Å². The van der Waals surface area contributed by atoms with Crippen molar-refractivity contribution in [2.24, 2.45) is 0 Å². The van der Waals surface area contributed by atoms with E-state index in [2.05, 4.69) is 11.9 Å². The Morgan fingerprint density at radius 2 is 1.83 bits per heavy atom. The largest absolute Gasteiger partial charge is 0.490 e. The molecule has 0 radical (unpaired) electrons. The van der Waals surface area contributed by atoms with Crippen molar-refractivity contribution < 1.29 is 14.3 Å². The Kier molecular flexibility index (Phi) is 9.73. The number of nitrogens with zero attached hydrogens (tertiary/aromatic N) is 1. The van der Waals surface area contributed by atoms with Crippen LogP contribution < -0.4 is 14.8 Å². The second kappa shape index (κ2) is 13.2. The summed E-state index contributed by atoms with van der Waals surface area (Å²) >= 11 is 6.29. The normalized spacial score (nSPS) is 11.8. The fourth-order valence-electron chi connectivity index (χ4n) is 3.68. The Bertz CT molecular complexity index is 1280. The van der Waals surface area contributed by atoms with E-state index in [-0.39, 0.29) is 18.2 Å². The van der Waals surface area contributed by atoms with E-state index < -0.39 is 5.91 Å². The number of benzene rings is 3. The van der Waals surface area contributed by atoms with Gasteiger partial charge in [0, 0.05) is 16.1 Å². The van der Waals surface area contributed by atoms with Gasteiger partial charge in [-0.05, 0) is 55.7 Å². The van der Waals surface area contributed by atoms with Gasteiger partial charge >= 0.3 is 0 Å². The zero-order valence-corrected chi connectivity index (χ0v) is 21.2. The highest BCUT2D eigenvalue weighted by Crippen LogP contribution is 2.35. The lowest BCUT2D eigenvalue weighted by Gasteiger charge is -2.17. The Hall–Kier alpha value is -4.01. The van der Waals surface area contributed by atoms with Crippen molar-refractivity contribution >= 4 is 23.6 Å². The lowest BCUT2D eigenvalue weighted by molar-refractivity contribution is -0.117. The second-order valence-corrected chi connectivity index (χ2v) is 8.50. The maximum absolute atomic E-state index is 12.9. The Morgan fingerprint density at radius 1 is 1.11 bits per heavy atom.